The minimum absolute atomic E-state index is 0.124. The maximum Gasteiger partial charge on any atom is 0.265 e. The maximum absolute atomic E-state index is 12.3. The average molecular weight is 283 g/mol. The van der Waals surface area contributed by atoms with Crippen molar-refractivity contribution in [3.63, 3.8) is 0 Å². The van der Waals surface area contributed by atoms with E-state index in [2.05, 4.69) is 10.3 Å². The van der Waals surface area contributed by atoms with Gasteiger partial charge in [0.2, 0.25) is 0 Å². The topological polar surface area (TPSA) is 68.0 Å². The van der Waals surface area contributed by atoms with Crippen LogP contribution in [-0.2, 0) is 0 Å². The Hall–Kier alpha value is -2.40. The first-order chi connectivity index (χ1) is 9.63. The lowest BCUT2D eigenvalue weighted by Gasteiger charge is -2.05. The number of fused-ring (bicyclic) bond motifs is 1. The third-order valence-corrected chi connectivity index (χ3v) is 4.13. The Labute approximate surface area is 120 Å². The molecule has 0 aliphatic heterocycles. The molecule has 5 heteroatoms. The highest BCUT2D eigenvalue weighted by Gasteiger charge is 2.11. The number of rotatable bonds is 2. The van der Waals surface area contributed by atoms with Crippen molar-refractivity contribution in [3.8, 4) is 0 Å². The number of anilines is 2. The van der Waals surface area contributed by atoms with Gasteiger partial charge in [0.25, 0.3) is 5.91 Å². The summed E-state index contributed by atoms with van der Waals surface area (Å²) in [5.41, 5.74) is 7.98. The van der Waals surface area contributed by atoms with Gasteiger partial charge in [-0.05, 0) is 48.7 Å². The first-order valence-corrected chi connectivity index (χ1v) is 6.97. The number of nitrogen functional groups attached to an aromatic ring is 1. The van der Waals surface area contributed by atoms with E-state index in [1.165, 1.54) is 11.3 Å². The predicted octanol–water partition coefficient (Wildman–Crippen LogP) is 3.44. The Morgan fingerprint density at radius 2 is 2.15 bits per heavy atom. The largest absolute Gasteiger partial charge is 0.399 e. The first-order valence-electron chi connectivity index (χ1n) is 6.15. The number of aryl methyl sites for hydroxylation is 1. The van der Waals surface area contributed by atoms with Crippen molar-refractivity contribution in [1.82, 2.24) is 4.98 Å². The van der Waals surface area contributed by atoms with Crippen molar-refractivity contribution >= 4 is 38.7 Å². The van der Waals surface area contributed by atoms with Crippen molar-refractivity contribution in [2.75, 3.05) is 11.1 Å². The number of nitrogens with one attached hydrogen (secondary N) is 1. The molecule has 100 valence electrons. The minimum Gasteiger partial charge on any atom is -0.399 e. The van der Waals surface area contributed by atoms with Gasteiger partial charge < -0.3 is 11.1 Å². The van der Waals surface area contributed by atoms with Crippen molar-refractivity contribution in [2.24, 2.45) is 0 Å². The van der Waals surface area contributed by atoms with E-state index in [9.17, 15) is 4.79 Å². The number of nitrogens with two attached hydrogens (primary N) is 1. The number of thiophene rings is 1. The van der Waals surface area contributed by atoms with E-state index in [1.54, 1.807) is 12.3 Å². The highest BCUT2D eigenvalue weighted by Crippen LogP contribution is 2.28. The molecule has 0 unspecified atom stereocenters. The van der Waals surface area contributed by atoms with Crippen LogP contribution in [0.15, 0.2) is 42.6 Å². The quantitative estimate of drug-likeness (QED) is 0.708. The standard InChI is InChI=1S/C15H13N3OS/c1-9-12(3-2-6-17-9)18-15(19)14-8-10-7-11(16)4-5-13(10)20-14/h2-8H,16H2,1H3,(H,18,19). The molecule has 1 amide bonds. The lowest BCUT2D eigenvalue weighted by atomic mass is 10.2. The van der Waals surface area contributed by atoms with Gasteiger partial charge in [0, 0.05) is 16.6 Å². The van der Waals surface area contributed by atoms with E-state index in [4.69, 9.17) is 5.73 Å². The molecule has 0 fully saturated rings. The number of benzene rings is 1. The smallest absolute Gasteiger partial charge is 0.265 e. The summed E-state index contributed by atoms with van der Waals surface area (Å²) >= 11 is 1.45. The van der Waals surface area contributed by atoms with Gasteiger partial charge in [0.15, 0.2) is 0 Å². The number of hydrogen-bond acceptors (Lipinski definition) is 4. The van der Waals surface area contributed by atoms with Crippen LogP contribution in [0.4, 0.5) is 11.4 Å². The molecule has 1 aromatic carbocycles. The van der Waals surface area contributed by atoms with Crippen molar-refractivity contribution in [3.05, 3.63) is 53.2 Å². The van der Waals surface area contributed by atoms with Crippen molar-refractivity contribution < 1.29 is 4.79 Å². The molecule has 3 aromatic rings. The average Bonchev–Trinajstić information content (AvgIpc) is 2.84. The molecule has 0 aliphatic carbocycles. The molecule has 0 atom stereocenters. The maximum atomic E-state index is 12.3. The van der Waals surface area contributed by atoms with Crippen LogP contribution >= 0.6 is 11.3 Å². The minimum atomic E-state index is -0.124. The molecule has 0 saturated heterocycles. The highest BCUT2D eigenvalue weighted by molar-refractivity contribution is 7.20. The Kier molecular flexibility index (Phi) is 3.12. The second-order valence-corrected chi connectivity index (χ2v) is 5.58. The van der Waals surface area contributed by atoms with Gasteiger partial charge >= 0.3 is 0 Å². The summed E-state index contributed by atoms with van der Waals surface area (Å²) in [6.45, 7) is 1.86. The van der Waals surface area contributed by atoms with E-state index < -0.39 is 0 Å². The second kappa shape index (κ2) is 4.94. The van der Waals surface area contributed by atoms with Gasteiger partial charge in [-0.2, -0.15) is 0 Å². The number of pyridine rings is 1. The van der Waals surface area contributed by atoms with Gasteiger partial charge in [0.05, 0.1) is 16.3 Å². The molecule has 0 radical (unpaired) electrons. The van der Waals surface area contributed by atoms with Crippen LogP contribution in [0.3, 0.4) is 0 Å². The molecule has 2 heterocycles. The van der Waals surface area contributed by atoms with Crippen LogP contribution < -0.4 is 11.1 Å². The van der Waals surface area contributed by atoms with Gasteiger partial charge in [-0.3, -0.25) is 9.78 Å². The lowest BCUT2D eigenvalue weighted by molar-refractivity contribution is 0.103. The van der Waals surface area contributed by atoms with Crippen LogP contribution in [0.1, 0.15) is 15.4 Å². The number of carbonyl (C=O) groups is 1. The highest BCUT2D eigenvalue weighted by atomic mass is 32.1. The van der Waals surface area contributed by atoms with Crippen LogP contribution in [0.2, 0.25) is 0 Å². The predicted molar refractivity (Wildman–Crippen MR) is 83.2 cm³/mol. The molecule has 0 aliphatic rings. The van der Waals surface area contributed by atoms with E-state index in [0.29, 0.717) is 10.6 Å². The van der Waals surface area contributed by atoms with E-state index in [1.807, 2.05) is 37.3 Å². The number of aromatic nitrogens is 1. The Morgan fingerprint density at radius 1 is 1.30 bits per heavy atom. The lowest BCUT2D eigenvalue weighted by Crippen LogP contribution is -2.11. The third-order valence-electron chi connectivity index (χ3n) is 3.02. The molecule has 0 bridgehead atoms. The molecule has 2 aromatic heterocycles. The molecule has 20 heavy (non-hydrogen) atoms. The summed E-state index contributed by atoms with van der Waals surface area (Å²) in [5.74, 6) is -0.124. The molecule has 0 spiro atoms. The van der Waals surface area contributed by atoms with Gasteiger partial charge in [-0.1, -0.05) is 0 Å². The third kappa shape index (κ3) is 2.35. The van der Waals surface area contributed by atoms with Crippen LogP contribution in [0.25, 0.3) is 10.1 Å². The van der Waals surface area contributed by atoms with Gasteiger partial charge in [-0.25, -0.2) is 0 Å². The molecule has 4 nitrogen and oxygen atoms in total. The Balaban J connectivity index is 1.91. The molecular formula is C15H13N3OS. The van der Waals surface area contributed by atoms with E-state index in [0.717, 1.165) is 21.5 Å². The monoisotopic (exact) mass is 283 g/mol. The summed E-state index contributed by atoms with van der Waals surface area (Å²) in [6, 6.07) is 11.1. The first kappa shape index (κ1) is 12.6. The number of hydrogen-bond donors (Lipinski definition) is 2. The Morgan fingerprint density at radius 3 is 2.95 bits per heavy atom. The summed E-state index contributed by atoms with van der Waals surface area (Å²) in [4.78, 5) is 17.1. The SMILES string of the molecule is Cc1ncccc1NC(=O)c1cc2cc(N)ccc2s1. The summed E-state index contributed by atoms with van der Waals surface area (Å²) < 4.78 is 1.05. The normalized spacial score (nSPS) is 10.7. The Bertz CT molecular complexity index is 795. The molecular weight excluding hydrogens is 270 g/mol. The van der Waals surface area contributed by atoms with E-state index >= 15 is 0 Å². The summed E-state index contributed by atoms with van der Waals surface area (Å²) in [6.07, 6.45) is 1.70. The zero-order chi connectivity index (χ0) is 14.1. The summed E-state index contributed by atoms with van der Waals surface area (Å²) in [7, 11) is 0. The van der Waals surface area contributed by atoms with Crippen molar-refractivity contribution in [1.29, 1.82) is 0 Å². The molecule has 3 N–H and O–H groups in total. The number of carbonyl (C=O) groups excluding carboxylic acids is 1. The van der Waals surface area contributed by atoms with Crippen LogP contribution in [-0.4, -0.2) is 10.9 Å². The second-order valence-electron chi connectivity index (χ2n) is 4.50. The van der Waals surface area contributed by atoms with Crippen LogP contribution in [0, 0.1) is 6.92 Å². The fraction of sp³-hybridized carbons (Fsp3) is 0.0667. The molecule has 3 rings (SSSR count). The molecule has 0 saturated carbocycles. The zero-order valence-corrected chi connectivity index (χ0v) is 11.7. The summed E-state index contributed by atoms with van der Waals surface area (Å²) in [5, 5.41) is 3.87. The number of nitrogens with zero attached hydrogens (tertiary/aromatic N) is 1. The van der Waals surface area contributed by atoms with Crippen LogP contribution in [0.5, 0.6) is 0 Å². The fourth-order valence-corrected chi connectivity index (χ4v) is 2.91. The fourth-order valence-electron chi connectivity index (χ4n) is 1.97. The van der Waals surface area contributed by atoms with Crippen molar-refractivity contribution in [2.45, 2.75) is 6.92 Å². The number of amides is 1. The van der Waals surface area contributed by atoms with Gasteiger partial charge in [0.1, 0.15) is 0 Å². The zero-order valence-electron chi connectivity index (χ0n) is 10.9. The van der Waals surface area contributed by atoms with E-state index in [-0.39, 0.29) is 5.91 Å². The van der Waals surface area contributed by atoms with Gasteiger partial charge in [-0.15, -0.1) is 11.3 Å².